The van der Waals surface area contributed by atoms with Gasteiger partial charge in [-0.2, -0.15) is 0 Å². The molecule has 164 valence electrons. The summed E-state index contributed by atoms with van der Waals surface area (Å²) in [5, 5.41) is 1.97. The van der Waals surface area contributed by atoms with Gasteiger partial charge >= 0.3 is 11.6 Å². The van der Waals surface area contributed by atoms with Gasteiger partial charge in [0, 0.05) is 21.9 Å². The third kappa shape index (κ3) is 3.85. The van der Waals surface area contributed by atoms with Crippen LogP contribution < -0.4 is 15.1 Å². The van der Waals surface area contributed by atoms with Crippen LogP contribution in [0, 0.1) is 6.92 Å². The fraction of sp³-hybridized carbons (Fsp3) is 0.0769. The molecule has 6 nitrogen and oxygen atoms in total. The lowest BCUT2D eigenvalue weighted by Gasteiger charge is -2.10. The Morgan fingerprint density at radius 2 is 1.64 bits per heavy atom. The van der Waals surface area contributed by atoms with Crippen LogP contribution in [0.4, 0.5) is 0 Å². The number of rotatable bonds is 4. The fourth-order valence-corrected chi connectivity index (χ4v) is 3.94. The molecule has 0 fully saturated rings. The highest BCUT2D eigenvalue weighted by molar-refractivity contribution is 6.31. The molecule has 0 saturated carbocycles. The average Bonchev–Trinajstić information content (AvgIpc) is 3.23. The van der Waals surface area contributed by atoms with Gasteiger partial charge in [0.2, 0.25) is 5.76 Å². The molecule has 0 aliphatic heterocycles. The molecule has 0 spiro atoms. The second-order valence-corrected chi connectivity index (χ2v) is 7.89. The van der Waals surface area contributed by atoms with Gasteiger partial charge in [-0.3, -0.25) is 0 Å². The second kappa shape index (κ2) is 8.15. The molecule has 0 radical (unpaired) electrons. The zero-order valence-corrected chi connectivity index (χ0v) is 18.4. The van der Waals surface area contributed by atoms with Gasteiger partial charge < -0.3 is 18.3 Å². The molecule has 7 heteroatoms. The summed E-state index contributed by atoms with van der Waals surface area (Å²) in [5.74, 6) is 0.293. The summed E-state index contributed by atoms with van der Waals surface area (Å²) in [6, 6.07) is 18.7. The van der Waals surface area contributed by atoms with Gasteiger partial charge in [-0.1, -0.05) is 23.7 Å². The van der Waals surface area contributed by atoms with Crippen molar-refractivity contribution in [2.24, 2.45) is 0 Å². The molecule has 2 heterocycles. The van der Waals surface area contributed by atoms with Crippen molar-refractivity contribution in [2.45, 2.75) is 6.92 Å². The first kappa shape index (κ1) is 20.8. The van der Waals surface area contributed by atoms with E-state index in [2.05, 4.69) is 0 Å². The maximum Gasteiger partial charge on any atom is 0.379 e. The van der Waals surface area contributed by atoms with Crippen LogP contribution in [0.3, 0.4) is 0 Å². The lowest BCUT2D eigenvalue weighted by molar-refractivity contribution is 0.0704. The first-order chi connectivity index (χ1) is 15.9. The predicted molar refractivity (Wildman–Crippen MR) is 125 cm³/mol. The molecule has 3 aromatic carbocycles. The molecular formula is C26H17ClO6. The van der Waals surface area contributed by atoms with E-state index in [4.69, 9.17) is 29.9 Å². The average molecular weight is 461 g/mol. The van der Waals surface area contributed by atoms with Crippen LogP contribution in [0.5, 0.6) is 11.5 Å². The Hall–Kier alpha value is -4.03. The molecule has 5 aromatic rings. The topological polar surface area (TPSA) is 78.9 Å². The first-order valence-corrected chi connectivity index (χ1v) is 10.4. The number of aryl methyl sites for hydroxylation is 1. The highest BCUT2D eigenvalue weighted by atomic mass is 35.5. The van der Waals surface area contributed by atoms with Crippen molar-refractivity contribution in [2.75, 3.05) is 7.11 Å². The molecule has 5 rings (SSSR count). The molecule has 0 bridgehead atoms. The summed E-state index contributed by atoms with van der Waals surface area (Å²) < 4.78 is 21.7. The van der Waals surface area contributed by atoms with E-state index in [1.54, 1.807) is 67.8 Å². The van der Waals surface area contributed by atoms with Gasteiger partial charge in [0.05, 0.1) is 12.7 Å². The Balaban J connectivity index is 1.47. The van der Waals surface area contributed by atoms with Crippen LogP contribution in [0.25, 0.3) is 33.1 Å². The van der Waals surface area contributed by atoms with Gasteiger partial charge in [-0.25, -0.2) is 9.59 Å². The molecule has 2 aromatic heterocycles. The lowest BCUT2D eigenvalue weighted by Crippen LogP contribution is -2.08. The predicted octanol–water partition coefficient (Wildman–Crippen LogP) is 6.40. The standard InChI is InChI=1S/C26H17ClO6/c1-14-20-9-8-19(31-25(28)23-12-16-11-17(27)5-10-21(16)32-23)13-22(20)33-26(29)24(14)15-3-6-18(30-2)7-4-15/h3-13H,1-2H3. The van der Waals surface area contributed by atoms with Crippen molar-refractivity contribution >= 4 is 39.5 Å². The zero-order chi connectivity index (χ0) is 23.1. The van der Waals surface area contributed by atoms with Gasteiger partial charge in [0.1, 0.15) is 22.7 Å². The summed E-state index contributed by atoms with van der Waals surface area (Å²) in [7, 11) is 1.58. The molecule has 0 aliphatic rings. The summed E-state index contributed by atoms with van der Waals surface area (Å²) in [6.07, 6.45) is 0. The number of carbonyl (C=O) groups is 1. The molecule has 0 aliphatic carbocycles. The van der Waals surface area contributed by atoms with Crippen molar-refractivity contribution in [3.8, 4) is 22.6 Å². The highest BCUT2D eigenvalue weighted by Gasteiger charge is 2.18. The van der Waals surface area contributed by atoms with Crippen molar-refractivity contribution in [1.82, 2.24) is 0 Å². The summed E-state index contributed by atoms with van der Waals surface area (Å²) in [4.78, 5) is 25.3. The number of halogens is 1. The number of hydrogen-bond acceptors (Lipinski definition) is 6. The number of hydrogen-bond donors (Lipinski definition) is 0. The van der Waals surface area contributed by atoms with E-state index in [0.29, 0.717) is 32.9 Å². The van der Waals surface area contributed by atoms with E-state index in [1.807, 2.05) is 6.92 Å². The van der Waals surface area contributed by atoms with E-state index in [0.717, 1.165) is 16.5 Å². The van der Waals surface area contributed by atoms with Crippen LogP contribution in [0.15, 0.2) is 80.4 Å². The smallest absolute Gasteiger partial charge is 0.379 e. The zero-order valence-electron chi connectivity index (χ0n) is 17.7. The summed E-state index contributed by atoms with van der Waals surface area (Å²) in [5.41, 5.74) is 2.32. The van der Waals surface area contributed by atoms with Crippen LogP contribution in [-0.2, 0) is 0 Å². The third-order valence-corrected chi connectivity index (χ3v) is 5.64. The maximum atomic E-state index is 12.8. The Morgan fingerprint density at radius 3 is 2.39 bits per heavy atom. The first-order valence-electron chi connectivity index (χ1n) is 10.1. The minimum Gasteiger partial charge on any atom is -0.497 e. The minimum absolute atomic E-state index is 0.0415. The normalized spacial score (nSPS) is 11.1. The van der Waals surface area contributed by atoms with Crippen molar-refractivity contribution in [3.05, 3.63) is 93.5 Å². The van der Waals surface area contributed by atoms with Crippen LogP contribution in [0.2, 0.25) is 5.02 Å². The minimum atomic E-state index is -0.671. The fourth-order valence-electron chi connectivity index (χ4n) is 3.76. The van der Waals surface area contributed by atoms with Gasteiger partial charge in [-0.15, -0.1) is 0 Å². The number of carbonyl (C=O) groups excluding carboxylic acids is 1. The van der Waals surface area contributed by atoms with E-state index in [-0.39, 0.29) is 11.5 Å². The number of furan rings is 1. The number of fused-ring (bicyclic) bond motifs is 2. The Labute approximate surface area is 192 Å². The van der Waals surface area contributed by atoms with E-state index < -0.39 is 11.6 Å². The van der Waals surface area contributed by atoms with Crippen molar-refractivity contribution in [1.29, 1.82) is 0 Å². The van der Waals surface area contributed by atoms with Crippen LogP contribution >= 0.6 is 11.6 Å². The Morgan fingerprint density at radius 1 is 0.879 bits per heavy atom. The number of esters is 1. The van der Waals surface area contributed by atoms with E-state index in [9.17, 15) is 9.59 Å². The molecule has 0 N–H and O–H groups in total. The molecule has 0 saturated heterocycles. The largest absolute Gasteiger partial charge is 0.497 e. The van der Waals surface area contributed by atoms with Crippen LogP contribution in [-0.4, -0.2) is 13.1 Å². The third-order valence-electron chi connectivity index (χ3n) is 5.41. The Kier molecular flexibility index (Phi) is 5.15. The highest BCUT2D eigenvalue weighted by Crippen LogP contribution is 2.30. The second-order valence-electron chi connectivity index (χ2n) is 7.46. The van der Waals surface area contributed by atoms with Crippen LogP contribution in [0.1, 0.15) is 16.1 Å². The quantitative estimate of drug-likeness (QED) is 0.175. The monoisotopic (exact) mass is 460 g/mol. The molecule has 0 atom stereocenters. The Bertz CT molecular complexity index is 1580. The van der Waals surface area contributed by atoms with Gasteiger partial charge in [0.15, 0.2) is 0 Å². The number of ether oxygens (including phenoxy) is 2. The molecule has 0 amide bonds. The lowest BCUT2D eigenvalue weighted by atomic mass is 9.99. The van der Waals surface area contributed by atoms with E-state index >= 15 is 0 Å². The molecular weight excluding hydrogens is 444 g/mol. The number of methoxy groups -OCH3 is 1. The van der Waals surface area contributed by atoms with E-state index in [1.165, 1.54) is 6.07 Å². The van der Waals surface area contributed by atoms with Crippen molar-refractivity contribution in [3.63, 3.8) is 0 Å². The number of benzene rings is 3. The van der Waals surface area contributed by atoms with Crippen molar-refractivity contribution < 1.29 is 23.1 Å². The summed E-state index contributed by atoms with van der Waals surface area (Å²) >= 11 is 5.98. The molecule has 0 unspecified atom stereocenters. The molecule has 33 heavy (non-hydrogen) atoms. The summed E-state index contributed by atoms with van der Waals surface area (Å²) in [6.45, 7) is 1.85. The maximum absolute atomic E-state index is 12.8. The van der Waals surface area contributed by atoms with Gasteiger partial charge in [-0.05, 0) is 66.6 Å². The SMILES string of the molecule is COc1ccc(-c2c(C)c3ccc(OC(=O)c4cc5cc(Cl)ccc5o4)cc3oc2=O)cc1. The van der Waals surface area contributed by atoms with Gasteiger partial charge in [0.25, 0.3) is 0 Å².